The fourth-order valence-electron chi connectivity index (χ4n) is 5.21. The minimum absolute atomic E-state index is 0.0703. The zero-order valence-electron chi connectivity index (χ0n) is 17.0. The number of hydrazine groups is 1. The average molecular weight is 385 g/mol. The van der Waals surface area contributed by atoms with Crippen molar-refractivity contribution in [1.82, 2.24) is 21.1 Å². The molecule has 3 fully saturated rings. The second-order valence-electron chi connectivity index (χ2n) is 8.97. The van der Waals surface area contributed by atoms with E-state index in [9.17, 15) is 4.79 Å². The molecule has 1 aliphatic carbocycles. The Hall–Kier alpha value is -1.43. The molecule has 0 spiro atoms. The lowest BCUT2D eigenvalue weighted by molar-refractivity contribution is -0.123. The summed E-state index contributed by atoms with van der Waals surface area (Å²) >= 11 is 0. The Morgan fingerprint density at radius 3 is 2.71 bits per heavy atom. The third-order valence-corrected chi connectivity index (χ3v) is 6.84. The van der Waals surface area contributed by atoms with E-state index in [0.29, 0.717) is 18.0 Å². The number of carbonyl (C=O) groups excluding carboxylic acids is 1. The van der Waals surface area contributed by atoms with Gasteiger partial charge < -0.3 is 10.2 Å². The molecule has 3 atom stereocenters. The number of benzene rings is 1. The van der Waals surface area contributed by atoms with Crippen LogP contribution in [0.15, 0.2) is 30.3 Å². The molecule has 5 nitrogen and oxygen atoms in total. The first-order valence-corrected chi connectivity index (χ1v) is 11.4. The van der Waals surface area contributed by atoms with E-state index in [0.717, 1.165) is 32.2 Å². The zero-order valence-corrected chi connectivity index (χ0v) is 17.0. The Labute approximate surface area is 169 Å². The van der Waals surface area contributed by atoms with E-state index in [-0.39, 0.29) is 11.9 Å². The minimum atomic E-state index is -0.0703. The van der Waals surface area contributed by atoms with Gasteiger partial charge in [-0.25, -0.2) is 5.43 Å². The van der Waals surface area contributed by atoms with Crippen LogP contribution in [0.3, 0.4) is 0 Å². The van der Waals surface area contributed by atoms with Crippen molar-refractivity contribution >= 4 is 5.91 Å². The number of likely N-dealkylation sites (tertiary alicyclic amines) is 1. The largest absolute Gasteiger partial charge is 0.352 e. The molecule has 2 heterocycles. The lowest BCUT2D eigenvalue weighted by atomic mass is 9.88. The van der Waals surface area contributed by atoms with E-state index in [1.807, 2.05) is 0 Å². The fraction of sp³-hybridized carbons (Fsp3) is 0.696. The van der Waals surface area contributed by atoms with Crippen molar-refractivity contribution in [1.29, 1.82) is 0 Å². The summed E-state index contributed by atoms with van der Waals surface area (Å²) in [4.78, 5) is 15.2. The Morgan fingerprint density at radius 2 is 1.89 bits per heavy atom. The van der Waals surface area contributed by atoms with Crippen LogP contribution < -0.4 is 16.2 Å². The monoisotopic (exact) mass is 384 g/mol. The van der Waals surface area contributed by atoms with Crippen molar-refractivity contribution in [2.45, 2.75) is 75.9 Å². The Kier molecular flexibility index (Phi) is 7.00. The first kappa shape index (κ1) is 19.9. The van der Waals surface area contributed by atoms with Gasteiger partial charge in [-0.05, 0) is 69.5 Å². The third kappa shape index (κ3) is 5.34. The molecule has 3 unspecified atom stereocenters. The minimum Gasteiger partial charge on any atom is -0.352 e. The Balaban J connectivity index is 1.19. The molecule has 1 amide bonds. The van der Waals surface area contributed by atoms with Gasteiger partial charge >= 0.3 is 0 Å². The SMILES string of the molecule is O=C(NC1CCCC1)C1CC(C2CCCN(CCCc3ccccc3)C2)NN1. The first-order valence-electron chi connectivity index (χ1n) is 11.4. The van der Waals surface area contributed by atoms with Crippen LogP contribution in [-0.4, -0.2) is 48.6 Å². The number of nitrogens with one attached hydrogen (secondary N) is 3. The van der Waals surface area contributed by atoms with E-state index >= 15 is 0 Å². The van der Waals surface area contributed by atoms with Gasteiger partial charge in [-0.1, -0.05) is 43.2 Å². The van der Waals surface area contributed by atoms with Crippen LogP contribution in [0.25, 0.3) is 0 Å². The lowest BCUT2D eigenvalue weighted by Gasteiger charge is -2.35. The summed E-state index contributed by atoms with van der Waals surface area (Å²) in [5.74, 6) is 0.833. The lowest BCUT2D eigenvalue weighted by Crippen LogP contribution is -2.47. The number of hydrogen-bond donors (Lipinski definition) is 3. The van der Waals surface area contributed by atoms with E-state index in [4.69, 9.17) is 0 Å². The molecule has 5 heteroatoms. The van der Waals surface area contributed by atoms with Crippen LogP contribution in [0.2, 0.25) is 0 Å². The highest BCUT2D eigenvalue weighted by Gasteiger charge is 2.36. The van der Waals surface area contributed by atoms with Crippen molar-refractivity contribution in [3.05, 3.63) is 35.9 Å². The summed E-state index contributed by atoms with van der Waals surface area (Å²) in [6, 6.07) is 11.5. The summed E-state index contributed by atoms with van der Waals surface area (Å²) in [6.45, 7) is 3.55. The van der Waals surface area contributed by atoms with Crippen LogP contribution in [0.1, 0.15) is 56.9 Å². The Bertz CT molecular complexity index is 616. The van der Waals surface area contributed by atoms with Crippen molar-refractivity contribution in [3.8, 4) is 0 Å². The molecule has 3 aliphatic rings. The van der Waals surface area contributed by atoms with Gasteiger partial charge in [-0.3, -0.25) is 10.2 Å². The molecule has 0 aromatic heterocycles. The van der Waals surface area contributed by atoms with Crippen LogP contribution in [0, 0.1) is 5.92 Å². The molecule has 28 heavy (non-hydrogen) atoms. The quantitative estimate of drug-likeness (QED) is 0.676. The van der Waals surface area contributed by atoms with Crippen molar-refractivity contribution in [2.24, 2.45) is 5.92 Å². The smallest absolute Gasteiger partial charge is 0.238 e. The number of nitrogens with zero attached hydrogens (tertiary/aromatic N) is 1. The molecule has 4 rings (SSSR count). The zero-order chi connectivity index (χ0) is 19.2. The maximum absolute atomic E-state index is 12.5. The molecular weight excluding hydrogens is 348 g/mol. The van der Waals surface area contributed by atoms with E-state index in [1.54, 1.807) is 0 Å². The standard InChI is InChI=1S/C23H36N4O/c28-23(24-20-12-4-5-13-20)22-16-21(25-26-22)19-11-7-15-27(17-19)14-6-10-18-8-2-1-3-9-18/h1-3,8-9,19-22,25-26H,4-7,10-17H2,(H,24,28). The normalized spacial score (nSPS) is 29.2. The molecule has 3 N–H and O–H groups in total. The maximum atomic E-state index is 12.5. The van der Waals surface area contributed by atoms with Gasteiger partial charge in [0, 0.05) is 18.6 Å². The fourth-order valence-corrected chi connectivity index (χ4v) is 5.21. The molecule has 1 saturated carbocycles. The van der Waals surface area contributed by atoms with Crippen molar-refractivity contribution in [2.75, 3.05) is 19.6 Å². The van der Waals surface area contributed by atoms with Crippen molar-refractivity contribution in [3.63, 3.8) is 0 Å². The molecule has 0 radical (unpaired) electrons. The van der Waals surface area contributed by atoms with Gasteiger partial charge in [0.25, 0.3) is 0 Å². The van der Waals surface area contributed by atoms with E-state index < -0.39 is 0 Å². The molecule has 1 aromatic carbocycles. The second kappa shape index (κ2) is 9.86. The predicted octanol–water partition coefficient (Wildman–Crippen LogP) is 2.63. The van der Waals surface area contributed by atoms with E-state index in [1.165, 1.54) is 50.8 Å². The van der Waals surface area contributed by atoms with Crippen LogP contribution in [-0.2, 0) is 11.2 Å². The highest BCUT2D eigenvalue weighted by molar-refractivity contribution is 5.82. The van der Waals surface area contributed by atoms with Gasteiger partial charge in [0.15, 0.2) is 0 Å². The summed E-state index contributed by atoms with van der Waals surface area (Å²) in [5, 5.41) is 3.24. The second-order valence-corrected chi connectivity index (χ2v) is 8.97. The molecular formula is C23H36N4O. The Morgan fingerprint density at radius 1 is 1.07 bits per heavy atom. The molecule has 154 valence electrons. The van der Waals surface area contributed by atoms with Gasteiger partial charge in [-0.2, -0.15) is 0 Å². The summed E-state index contributed by atoms with van der Waals surface area (Å²) in [7, 11) is 0. The molecule has 2 saturated heterocycles. The number of piperidine rings is 1. The predicted molar refractivity (Wildman–Crippen MR) is 113 cm³/mol. The average Bonchev–Trinajstić information content (AvgIpc) is 3.41. The van der Waals surface area contributed by atoms with Crippen LogP contribution in [0.4, 0.5) is 0 Å². The molecule has 2 aliphatic heterocycles. The number of amides is 1. The summed E-state index contributed by atoms with van der Waals surface area (Å²) in [5.41, 5.74) is 8.16. The van der Waals surface area contributed by atoms with Gasteiger partial charge in [-0.15, -0.1) is 0 Å². The molecule has 1 aromatic rings. The highest BCUT2D eigenvalue weighted by atomic mass is 16.2. The van der Waals surface area contributed by atoms with Gasteiger partial charge in [0.05, 0.1) is 0 Å². The molecule has 0 bridgehead atoms. The summed E-state index contributed by atoms with van der Waals surface area (Å²) < 4.78 is 0. The van der Waals surface area contributed by atoms with Gasteiger partial charge in [0.2, 0.25) is 5.91 Å². The van der Waals surface area contributed by atoms with Crippen LogP contribution in [0.5, 0.6) is 0 Å². The van der Waals surface area contributed by atoms with E-state index in [2.05, 4.69) is 51.4 Å². The van der Waals surface area contributed by atoms with Crippen LogP contribution >= 0.6 is 0 Å². The topological polar surface area (TPSA) is 56.4 Å². The number of rotatable bonds is 7. The number of carbonyl (C=O) groups is 1. The highest BCUT2D eigenvalue weighted by Crippen LogP contribution is 2.25. The number of hydrogen-bond acceptors (Lipinski definition) is 4. The number of aryl methyl sites for hydroxylation is 1. The maximum Gasteiger partial charge on any atom is 0.238 e. The van der Waals surface area contributed by atoms with Crippen molar-refractivity contribution < 1.29 is 4.79 Å². The first-order chi connectivity index (χ1) is 13.8. The third-order valence-electron chi connectivity index (χ3n) is 6.84. The van der Waals surface area contributed by atoms with Gasteiger partial charge in [0.1, 0.15) is 6.04 Å². The summed E-state index contributed by atoms with van der Waals surface area (Å²) in [6.07, 6.45) is 10.7.